The molecule has 0 aliphatic carbocycles. The van der Waals surface area contributed by atoms with Crippen LogP contribution in [0.15, 0.2) is 20.8 Å². The third kappa shape index (κ3) is 5.31. The molecule has 1 aliphatic heterocycles. The van der Waals surface area contributed by atoms with Crippen LogP contribution in [0.1, 0.15) is 39.0 Å². The van der Waals surface area contributed by atoms with E-state index in [4.69, 9.17) is 18.9 Å². The van der Waals surface area contributed by atoms with Crippen LogP contribution in [0.4, 0.5) is 0 Å². The summed E-state index contributed by atoms with van der Waals surface area (Å²) in [6, 6.07) is 0. The van der Waals surface area contributed by atoms with E-state index >= 15 is 0 Å². The summed E-state index contributed by atoms with van der Waals surface area (Å²) < 4.78 is 14.0. The lowest BCUT2D eigenvalue weighted by atomic mass is 10.2. The van der Waals surface area contributed by atoms with Gasteiger partial charge in [0.1, 0.15) is 18.9 Å². The zero-order valence-corrected chi connectivity index (χ0v) is 19.7. The van der Waals surface area contributed by atoms with Gasteiger partial charge in [0.05, 0.1) is 18.8 Å². The fourth-order valence-corrected chi connectivity index (χ4v) is 4.38. The summed E-state index contributed by atoms with van der Waals surface area (Å²) in [5.41, 5.74) is -0.636. The number of H-pyrrole nitrogens is 1. The van der Waals surface area contributed by atoms with E-state index in [-0.39, 0.29) is 17.7 Å². The molecule has 0 aromatic carbocycles. The SMILES string of the molecule is COOC[C@@H]1O[C@H](n2cc(/C=C/Br)c(=O)[nH]c2=O)CC1O[Si](C)(C)C(C)(C)C. The molecule has 1 unspecified atom stereocenters. The first kappa shape index (κ1) is 23.2. The second-order valence-electron chi connectivity index (χ2n) is 8.28. The van der Waals surface area contributed by atoms with Crippen molar-refractivity contribution in [2.45, 2.75) is 63.8 Å². The summed E-state index contributed by atoms with van der Waals surface area (Å²) in [5.74, 6) is 0. The lowest BCUT2D eigenvalue weighted by molar-refractivity contribution is -0.290. The maximum Gasteiger partial charge on any atom is 0.330 e. The standard InChI is InChI=1S/C18H29BrN2O6Si/c1-18(2,3)28(5,6)27-13-9-15(26-14(13)11-25-24-4)21-10-12(7-8-19)16(22)20-17(21)23/h7-8,10,13-15H,9,11H2,1-6H3,(H,20,22,23)/b8-7+/t13?,14-,15-/m0/s1. The molecule has 0 amide bonds. The van der Waals surface area contributed by atoms with Crippen molar-refractivity contribution < 1.29 is 18.9 Å². The summed E-state index contributed by atoms with van der Waals surface area (Å²) in [4.78, 5) is 38.0. The number of rotatable bonds is 7. The van der Waals surface area contributed by atoms with Crippen LogP contribution in [0.5, 0.6) is 0 Å². The van der Waals surface area contributed by atoms with Gasteiger partial charge in [-0.05, 0) is 29.2 Å². The zero-order chi connectivity index (χ0) is 21.1. The van der Waals surface area contributed by atoms with Crippen molar-refractivity contribution in [3.8, 4) is 0 Å². The monoisotopic (exact) mass is 476 g/mol. The highest BCUT2D eigenvalue weighted by atomic mass is 79.9. The molecule has 0 spiro atoms. The van der Waals surface area contributed by atoms with Gasteiger partial charge in [-0.25, -0.2) is 14.6 Å². The summed E-state index contributed by atoms with van der Waals surface area (Å²) in [7, 11) is -0.635. The van der Waals surface area contributed by atoms with Gasteiger partial charge in [0, 0.05) is 12.6 Å². The molecule has 1 saturated heterocycles. The van der Waals surface area contributed by atoms with Crippen molar-refractivity contribution in [1.82, 2.24) is 9.55 Å². The van der Waals surface area contributed by atoms with Gasteiger partial charge in [0.25, 0.3) is 5.56 Å². The third-order valence-corrected chi connectivity index (χ3v) is 10.1. The fourth-order valence-electron chi connectivity index (χ4n) is 2.74. The van der Waals surface area contributed by atoms with Crippen LogP contribution in [-0.2, 0) is 18.9 Å². The zero-order valence-electron chi connectivity index (χ0n) is 17.2. The summed E-state index contributed by atoms with van der Waals surface area (Å²) in [6.07, 6.45) is 2.30. The molecule has 1 fully saturated rings. The van der Waals surface area contributed by atoms with E-state index in [0.29, 0.717) is 12.0 Å². The van der Waals surface area contributed by atoms with Crippen molar-refractivity contribution in [2.24, 2.45) is 0 Å². The van der Waals surface area contributed by atoms with E-state index in [2.05, 4.69) is 54.8 Å². The Labute approximate surface area is 174 Å². The molecule has 1 aromatic heterocycles. The Kier molecular flexibility index (Phi) is 7.62. The van der Waals surface area contributed by atoms with Crippen LogP contribution in [0.2, 0.25) is 18.1 Å². The first-order chi connectivity index (χ1) is 13.0. The normalized spacial score (nSPS) is 23.6. The number of hydrogen-bond donors (Lipinski definition) is 1. The Morgan fingerprint density at radius 3 is 2.64 bits per heavy atom. The van der Waals surface area contributed by atoms with Gasteiger partial charge in [-0.15, -0.1) is 0 Å². The molecule has 2 heterocycles. The maximum atomic E-state index is 12.4. The van der Waals surface area contributed by atoms with E-state index in [9.17, 15) is 9.59 Å². The molecule has 1 N–H and O–H groups in total. The van der Waals surface area contributed by atoms with E-state index in [1.807, 2.05) is 0 Å². The van der Waals surface area contributed by atoms with Gasteiger partial charge in [-0.2, -0.15) is 0 Å². The molecule has 1 aliphatic rings. The van der Waals surface area contributed by atoms with Gasteiger partial charge in [0.15, 0.2) is 8.32 Å². The van der Waals surface area contributed by atoms with Gasteiger partial charge in [-0.1, -0.05) is 36.7 Å². The molecule has 0 radical (unpaired) electrons. The van der Waals surface area contributed by atoms with Gasteiger partial charge in [0.2, 0.25) is 0 Å². The molecule has 10 heteroatoms. The predicted molar refractivity (Wildman–Crippen MR) is 113 cm³/mol. The number of aromatic amines is 1. The number of ether oxygens (including phenoxy) is 1. The fraction of sp³-hybridized carbons (Fsp3) is 0.667. The van der Waals surface area contributed by atoms with E-state index < -0.39 is 31.9 Å². The molecule has 28 heavy (non-hydrogen) atoms. The molecule has 1 aromatic rings. The summed E-state index contributed by atoms with van der Waals surface area (Å²) in [5, 5.41) is 0.0282. The smallest absolute Gasteiger partial charge is 0.330 e. The average molecular weight is 477 g/mol. The van der Waals surface area contributed by atoms with Crippen LogP contribution in [0, 0.1) is 0 Å². The molecule has 0 saturated carbocycles. The first-order valence-electron chi connectivity index (χ1n) is 9.11. The Morgan fingerprint density at radius 1 is 1.39 bits per heavy atom. The van der Waals surface area contributed by atoms with Crippen LogP contribution < -0.4 is 11.2 Å². The second-order valence-corrected chi connectivity index (χ2v) is 13.6. The van der Waals surface area contributed by atoms with E-state index in [1.54, 1.807) is 11.1 Å². The Morgan fingerprint density at radius 2 is 2.07 bits per heavy atom. The maximum absolute atomic E-state index is 12.4. The minimum Gasteiger partial charge on any atom is -0.411 e. The highest BCUT2D eigenvalue weighted by Gasteiger charge is 2.45. The predicted octanol–water partition coefficient (Wildman–Crippen LogP) is 3.16. The molecular formula is C18H29BrN2O6Si. The van der Waals surface area contributed by atoms with Crippen molar-refractivity contribution in [3.63, 3.8) is 0 Å². The minimum absolute atomic E-state index is 0.0282. The Balaban J connectivity index is 2.32. The number of nitrogens with one attached hydrogen (secondary N) is 1. The molecule has 3 atom stereocenters. The quantitative estimate of drug-likeness (QED) is 0.369. The van der Waals surface area contributed by atoms with E-state index in [1.165, 1.54) is 17.9 Å². The third-order valence-electron chi connectivity index (χ3n) is 5.33. The van der Waals surface area contributed by atoms with Crippen LogP contribution in [0.3, 0.4) is 0 Å². The molecular weight excluding hydrogens is 448 g/mol. The van der Waals surface area contributed by atoms with Crippen LogP contribution in [-0.4, -0.2) is 43.8 Å². The summed E-state index contributed by atoms with van der Waals surface area (Å²) >= 11 is 3.15. The number of nitrogens with zero attached hydrogens (tertiary/aromatic N) is 1. The molecule has 0 bridgehead atoms. The van der Waals surface area contributed by atoms with Crippen LogP contribution >= 0.6 is 15.9 Å². The summed E-state index contributed by atoms with van der Waals surface area (Å²) in [6.45, 7) is 11.0. The van der Waals surface area contributed by atoms with Crippen LogP contribution in [0.25, 0.3) is 6.08 Å². The lowest BCUT2D eigenvalue weighted by Gasteiger charge is -2.39. The number of halogens is 1. The van der Waals surface area contributed by atoms with Crippen molar-refractivity contribution in [3.05, 3.63) is 37.6 Å². The van der Waals surface area contributed by atoms with Gasteiger partial charge < -0.3 is 9.16 Å². The van der Waals surface area contributed by atoms with Gasteiger partial charge in [-0.3, -0.25) is 14.3 Å². The highest BCUT2D eigenvalue weighted by molar-refractivity contribution is 9.11. The van der Waals surface area contributed by atoms with E-state index in [0.717, 1.165) is 0 Å². The minimum atomic E-state index is -2.07. The molecule has 158 valence electrons. The van der Waals surface area contributed by atoms with Crippen molar-refractivity contribution in [1.29, 1.82) is 0 Å². The lowest BCUT2D eigenvalue weighted by Crippen LogP contribution is -2.46. The number of hydrogen-bond acceptors (Lipinski definition) is 6. The average Bonchev–Trinajstić information content (AvgIpc) is 2.96. The Hall–Kier alpha value is -1.04. The second kappa shape index (κ2) is 9.18. The van der Waals surface area contributed by atoms with Gasteiger partial charge >= 0.3 is 5.69 Å². The largest absolute Gasteiger partial charge is 0.411 e. The number of aromatic nitrogens is 2. The molecule has 2 rings (SSSR count). The molecule has 8 nitrogen and oxygen atoms in total. The van der Waals surface area contributed by atoms with Crippen molar-refractivity contribution >= 4 is 30.3 Å². The van der Waals surface area contributed by atoms with Crippen molar-refractivity contribution in [2.75, 3.05) is 13.7 Å². The highest BCUT2D eigenvalue weighted by Crippen LogP contribution is 2.41. The Bertz CT molecular complexity index is 814. The first-order valence-corrected chi connectivity index (χ1v) is 12.9. The topological polar surface area (TPSA) is 91.8 Å².